The van der Waals surface area contributed by atoms with Crippen molar-refractivity contribution in [3.05, 3.63) is 52.0 Å². The largest absolute Gasteiger partial charge is 0.339 e. The minimum absolute atomic E-state index is 0.220. The quantitative estimate of drug-likeness (QED) is 0.869. The Morgan fingerprint density at radius 3 is 3.09 bits per heavy atom. The number of aromatic nitrogens is 1. The second-order valence-electron chi connectivity index (χ2n) is 6.08. The second-order valence-corrected chi connectivity index (χ2v) is 7.08. The Hall–Kier alpha value is -1.72. The number of hydrogen-bond donors (Lipinski definition) is 0. The SMILES string of the molecule is O=C(Cc1cccnc1)N1CC(N2CCc3sccc3C2)C1. The number of likely N-dealkylation sites (tertiary alicyclic amines) is 1. The van der Waals surface area contributed by atoms with Crippen molar-refractivity contribution in [3.8, 4) is 0 Å². The predicted octanol–water partition coefficient (Wildman–Crippen LogP) is 1.95. The fourth-order valence-electron chi connectivity index (χ4n) is 3.26. The molecule has 2 aliphatic rings. The summed E-state index contributed by atoms with van der Waals surface area (Å²) < 4.78 is 0. The van der Waals surface area contributed by atoms with E-state index >= 15 is 0 Å². The number of rotatable bonds is 3. The number of amides is 1. The smallest absolute Gasteiger partial charge is 0.227 e. The molecular weight excluding hydrogens is 294 g/mol. The van der Waals surface area contributed by atoms with Gasteiger partial charge in [0.05, 0.1) is 6.42 Å². The van der Waals surface area contributed by atoms with Crippen LogP contribution in [0.2, 0.25) is 0 Å². The lowest BCUT2D eigenvalue weighted by molar-refractivity contribution is -0.138. The summed E-state index contributed by atoms with van der Waals surface area (Å²) >= 11 is 1.87. The monoisotopic (exact) mass is 313 g/mol. The zero-order valence-electron chi connectivity index (χ0n) is 12.4. The Kier molecular flexibility index (Phi) is 3.68. The van der Waals surface area contributed by atoms with Gasteiger partial charge in [0, 0.05) is 49.5 Å². The molecule has 22 heavy (non-hydrogen) atoms. The van der Waals surface area contributed by atoms with Crippen LogP contribution in [0.1, 0.15) is 16.0 Å². The molecule has 0 spiro atoms. The van der Waals surface area contributed by atoms with Gasteiger partial charge in [-0.05, 0) is 35.1 Å². The van der Waals surface area contributed by atoms with Crippen LogP contribution in [0.5, 0.6) is 0 Å². The van der Waals surface area contributed by atoms with Gasteiger partial charge in [-0.2, -0.15) is 0 Å². The van der Waals surface area contributed by atoms with Crippen LogP contribution in [0.3, 0.4) is 0 Å². The first-order chi connectivity index (χ1) is 10.8. The van der Waals surface area contributed by atoms with Crippen molar-refractivity contribution >= 4 is 17.2 Å². The van der Waals surface area contributed by atoms with Crippen LogP contribution < -0.4 is 0 Å². The minimum Gasteiger partial charge on any atom is -0.339 e. The van der Waals surface area contributed by atoms with Crippen LogP contribution in [-0.2, 0) is 24.2 Å². The lowest BCUT2D eigenvalue weighted by atomic mass is 10.0. The number of carbonyl (C=O) groups excluding carboxylic acids is 1. The third kappa shape index (κ3) is 2.66. The summed E-state index contributed by atoms with van der Waals surface area (Å²) in [6, 6.07) is 6.63. The van der Waals surface area contributed by atoms with E-state index in [1.807, 2.05) is 28.4 Å². The molecule has 4 nitrogen and oxygen atoms in total. The molecule has 2 aromatic heterocycles. The lowest BCUT2D eigenvalue weighted by Gasteiger charge is -2.46. The maximum Gasteiger partial charge on any atom is 0.227 e. The highest BCUT2D eigenvalue weighted by Crippen LogP contribution is 2.27. The molecule has 0 radical (unpaired) electrons. The fraction of sp³-hybridized carbons (Fsp3) is 0.412. The number of fused-ring (bicyclic) bond motifs is 1. The van der Waals surface area contributed by atoms with Crippen molar-refractivity contribution in [2.75, 3.05) is 19.6 Å². The third-order valence-corrected chi connectivity index (χ3v) is 5.67. The summed E-state index contributed by atoms with van der Waals surface area (Å²) in [6.45, 7) is 3.92. The van der Waals surface area contributed by atoms with E-state index < -0.39 is 0 Å². The average Bonchev–Trinajstić information content (AvgIpc) is 2.94. The van der Waals surface area contributed by atoms with Gasteiger partial charge in [-0.15, -0.1) is 11.3 Å². The van der Waals surface area contributed by atoms with E-state index in [2.05, 4.69) is 21.3 Å². The highest BCUT2D eigenvalue weighted by atomic mass is 32.1. The molecule has 2 aromatic rings. The van der Waals surface area contributed by atoms with Gasteiger partial charge in [0.15, 0.2) is 0 Å². The first-order valence-electron chi connectivity index (χ1n) is 7.75. The van der Waals surface area contributed by atoms with Gasteiger partial charge in [0.2, 0.25) is 5.91 Å². The molecule has 0 aliphatic carbocycles. The fourth-order valence-corrected chi connectivity index (χ4v) is 4.15. The average molecular weight is 313 g/mol. The summed E-state index contributed by atoms with van der Waals surface area (Å²) in [4.78, 5) is 22.4. The molecule has 114 valence electrons. The van der Waals surface area contributed by atoms with Gasteiger partial charge in [-0.1, -0.05) is 6.07 Å². The van der Waals surface area contributed by atoms with Crippen LogP contribution in [0.25, 0.3) is 0 Å². The number of hydrogen-bond acceptors (Lipinski definition) is 4. The minimum atomic E-state index is 0.220. The maximum atomic E-state index is 12.3. The van der Waals surface area contributed by atoms with Gasteiger partial charge in [-0.25, -0.2) is 0 Å². The topological polar surface area (TPSA) is 36.4 Å². The van der Waals surface area contributed by atoms with Crippen LogP contribution >= 0.6 is 11.3 Å². The van der Waals surface area contributed by atoms with E-state index in [-0.39, 0.29) is 5.91 Å². The Bertz CT molecular complexity index is 664. The van der Waals surface area contributed by atoms with E-state index in [4.69, 9.17) is 0 Å². The molecule has 5 heteroatoms. The first-order valence-corrected chi connectivity index (χ1v) is 8.63. The molecule has 0 bridgehead atoms. The Balaban J connectivity index is 1.30. The molecule has 0 atom stereocenters. The number of carbonyl (C=O) groups is 1. The second kappa shape index (κ2) is 5.82. The van der Waals surface area contributed by atoms with Crippen molar-refractivity contribution in [2.24, 2.45) is 0 Å². The van der Waals surface area contributed by atoms with Gasteiger partial charge in [0.25, 0.3) is 0 Å². The van der Waals surface area contributed by atoms with E-state index in [9.17, 15) is 4.79 Å². The molecule has 0 aromatic carbocycles. The van der Waals surface area contributed by atoms with E-state index in [0.29, 0.717) is 12.5 Å². The van der Waals surface area contributed by atoms with Crippen LogP contribution in [0, 0.1) is 0 Å². The molecule has 4 heterocycles. The van der Waals surface area contributed by atoms with Crippen LogP contribution in [-0.4, -0.2) is 46.4 Å². The van der Waals surface area contributed by atoms with Crippen molar-refractivity contribution in [1.82, 2.24) is 14.8 Å². The Morgan fingerprint density at radius 1 is 1.36 bits per heavy atom. The van der Waals surface area contributed by atoms with Gasteiger partial charge >= 0.3 is 0 Å². The van der Waals surface area contributed by atoms with E-state index in [1.165, 1.54) is 5.56 Å². The standard InChI is InChI=1S/C17H19N3OS/c21-17(8-13-2-1-5-18-9-13)20-11-15(12-20)19-6-3-16-14(10-19)4-7-22-16/h1-2,4-5,7,9,15H,3,6,8,10-12H2. The molecule has 2 aliphatic heterocycles. The zero-order chi connectivity index (χ0) is 14.9. The van der Waals surface area contributed by atoms with Crippen LogP contribution in [0.4, 0.5) is 0 Å². The van der Waals surface area contributed by atoms with E-state index in [1.54, 1.807) is 17.3 Å². The lowest BCUT2D eigenvalue weighted by Crippen LogP contribution is -2.61. The van der Waals surface area contributed by atoms with Crippen molar-refractivity contribution in [1.29, 1.82) is 0 Å². The summed E-state index contributed by atoms with van der Waals surface area (Å²) in [5.74, 6) is 0.220. The molecule has 0 N–H and O–H groups in total. The molecule has 1 amide bonds. The van der Waals surface area contributed by atoms with E-state index in [0.717, 1.165) is 38.2 Å². The summed E-state index contributed by atoms with van der Waals surface area (Å²) in [6.07, 6.45) is 5.14. The van der Waals surface area contributed by atoms with Crippen molar-refractivity contribution < 1.29 is 4.79 Å². The zero-order valence-corrected chi connectivity index (χ0v) is 13.3. The first kappa shape index (κ1) is 13.9. The van der Waals surface area contributed by atoms with Gasteiger partial charge in [0.1, 0.15) is 0 Å². The Morgan fingerprint density at radius 2 is 2.27 bits per heavy atom. The number of thiophene rings is 1. The van der Waals surface area contributed by atoms with Crippen LogP contribution in [0.15, 0.2) is 36.0 Å². The summed E-state index contributed by atoms with van der Waals surface area (Å²) in [5, 5.41) is 2.19. The van der Waals surface area contributed by atoms with Gasteiger partial charge in [-0.3, -0.25) is 14.7 Å². The Labute approximate surface area is 134 Å². The molecule has 0 saturated carbocycles. The van der Waals surface area contributed by atoms with Gasteiger partial charge < -0.3 is 4.90 Å². The molecule has 1 fully saturated rings. The highest BCUT2D eigenvalue weighted by molar-refractivity contribution is 7.10. The molecule has 4 rings (SSSR count). The predicted molar refractivity (Wildman–Crippen MR) is 86.7 cm³/mol. The molecule has 0 unspecified atom stereocenters. The third-order valence-electron chi connectivity index (χ3n) is 4.65. The number of nitrogens with zero attached hydrogens (tertiary/aromatic N) is 3. The molecule has 1 saturated heterocycles. The maximum absolute atomic E-state index is 12.3. The number of pyridine rings is 1. The van der Waals surface area contributed by atoms with Crippen molar-refractivity contribution in [3.63, 3.8) is 0 Å². The highest BCUT2D eigenvalue weighted by Gasteiger charge is 2.35. The summed E-state index contributed by atoms with van der Waals surface area (Å²) in [7, 11) is 0. The normalized spacial score (nSPS) is 18.8. The molecular formula is C17H19N3OS. The summed E-state index contributed by atoms with van der Waals surface area (Å²) in [5.41, 5.74) is 2.48. The van der Waals surface area contributed by atoms with Crippen molar-refractivity contribution in [2.45, 2.75) is 25.4 Å².